The Labute approximate surface area is 250 Å². The van der Waals surface area contributed by atoms with E-state index < -0.39 is 28.9 Å². The zero-order chi connectivity index (χ0) is 31.0. The maximum Gasteiger partial charge on any atom is 0.291 e. The first-order chi connectivity index (χ1) is 20.5. The third-order valence-corrected chi connectivity index (χ3v) is 7.70. The molecule has 0 aliphatic rings. The van der Waals surface area contributed by atoms with Gasteiger partial charge in [0.05, 0.1) is 21.3 Å². The number of benzene rings is 1. The molecular formula is C27H21ClF2N6O6S. The van der Waals surface area contributed by atoms with Gasteiger partial charge in [0.25, 0.3) is 23.9 Å². The smallest absolute Gasteiger partial charge is 0.291 e. The van der Waals surface area contributed by atoms with Crippen molar-refractivity contribution in [3.8, 4) is 16.9 Å². The standard InChI is InChI=1S/C27H21ClF2N6O6S/c1-3-35-10-16(12(2)34-35)15-9-18(24(29)30)32-27-21(15)22(23(43-27)25(31)37)33-26(38)20-7-5-14(42-20)11-41-19-6-4-13(36(39)40)8-17(19)28/h4-10,24H,3,11H2,1-2H3,(H2,31,37)(H,33,38). The fraction of sp³-hybridized carbons (Fsp3) is 0.185. The number of pyridine rings is 1. The van der Waals surface area contributed by atoms with Crippen LogP contribution >= 0.6 is 22.9 Å². The quantitative estimate of drug-likeness (QED) is 0.130. The van der Waals surface area contributed by atoms with E-state index in [9.17, 15) is 28.5 Å². The van der Waals surface area contributed by atoms with Crippen LogP contribution in [0.25, 0.3) is 21.3 Å². The number of aromatic nitrogens is 3. The second kappa shape index (κ2) is 11.8. The number of alkyl halides is 2. The molecule has 1 aromatic carbocycles. The molecule has 3 N–H and O–H groups in total. The second-order valence-electron chi connectivity index (χ2n) is 9.11. The lowest BCUT2D eigenvalue weighted by Crippen LogP contribution is -2.16. The number of furan rings is 1. The van der Waals surface area contributed by atoms with Crippen LogP contribution in [0.3, 0.4) is 0 Å². The molecule has 16 heteroatoms. The van der Waals surface area contributed by atoms with Crippen LogP contribution < -0.4 is 15.8 Å². The van der Waals surface area contributed by atoms with Gasteiger partial charge in [-0.25, -0.2) is 13.8 Å². The Hall–Kier alpha value is -4.89. The molecular weight excluding hydrogens is 610 g/mol. The molecule has 0 saturated heterocycles. The van der Waals surface area contributed by atoms with E-state index in [0.29, 0.717) is 23.4 Å². The summed E-state index contributed by atoms with van der Waals surface area (Å²) in [6.07, 6.45) is -1.21. The number of hydrogen-bond donors (Lipinski definition) is 2. The lowest BCUT2D eigenvalue weighted by atomic mass is 10.0. The summed E-state index contributed by atoms with van der Waals surface area (Å²) in [6.45, 7) is 3.95. The molecule has 4 heterocycles. The summed E-state index contributed by atoms with van der Waals surface area (Å²) in [5, 5.41) is 18.2. The highest BCUT2D eigenvalue weighted by Crippen LogP contribution is 2.43. The topological polar surface area (TPSA) is 168 Å². The SMILES string of the molecule is CCn1cc(-c2cc(C(F)F)nc3sc(C(N)=O)c(NC(=O)c4ccc(COc5ccc([N+](=O)[O-])cc5Cl)o4)c23)c(C)n1. The van der Waals surface area contributed by atoms with Crippen molar-refractivity contribution in [3.63, 3.8) is 0 Å². The highest BCUT2D eigenvalue weighted by Gasteiger charge is 2.27. The highest BCUT2D eigenvalue weighted by molar-refractivity contribution is 7.21. The molecule has 0 saturated carbocycles. The number of carbonyl (C=O) groups is 2. The number of thiophene rings is 1. The molecule has 0 bridgehead atoms. The van der Waals surface area contributed by atoms with Crippen molar-refractivity contribution in [2.24, 2.45) is 5.73 Å². The van der Waals surface area contributed by atoms with Crippen LogP contribution in [0.2, 0.25) is 5.02 Å². The van der Waals surface area contributed by atoms with Gasteiger partial charge in [-0.3, -0.25) is 24.4 Å². The number of nitrogens with zero attached hydrogens (tertiary/aromatic N) is 4. The Balaban J connectivity index is 1.48. The predicted molar refractivity (Wildman–Crippen MR) is 154 cm³/mol. The molecule has 0 fully saturated rings. The summed E-state index contributed by atoms with van der Waals surface area (Å²) in [6, 6.07) is 7.75. The van der Waals surface area contributed by atoms with Gasteiger partial charge in [-0.1, -0.05) is 11.6 Å². The number of carbonyl (C=O) groups excluding carboxylic acids is 2. The van der Waals surface area contributed by atoms with Crippen LogP contribution in [-0.2, 0) is 13.2 Å². The third-order valence-electron chi connectivity index (χ3n) is 6.31. The van der Waals surface area contributed by atoms with E-state index in [2.05, 4.69) is 15.4 Å². The summed E-state index contributed by atoms with van der Waals surface area (Å²) in [5.41, 5.74) is 6.25. The fourth-order valence-corrected chi connectivity index (χ4v) is 5.54. The van der Waals surface area contributed by atoms with Gasteiger partial charge >= 0.3 is 0 Å². The minimum atomic E-state index is -2.90. The second-order valence-corrected chi connectivity index (χ2v) is 10.5. The number of nitro groups is 1. The molecule has 0 unspecified atom stereocenters. The number of amides is 2. The zero-order valence-electron chi connectivity index (χ0n) is 22.4. The molecule has 5 aromatic rings. The first-order valence-corrected chi connectivity index (χ1v) is 13.7. The van der Waals surface area contributed by atoms with Gasteiger partial charge in [-0.2, -0.15) is 5.10 Å². The first kappa shape index (κ1) is 29.6. The Kier molecular flexibility index (Phi) is 8.10. The molecule has 0 radical (unpaired) electrons. The molecule has 222 valence electrons. The van der Waals surface area contributed by atoms with Crippen LogP contribution in [0.1, 0.15) is 50.7 Å². The van der Waals surface area contributed by atoms with Crippen molar-refractivity contribution in [2.45, 2.75) is 33.4 Å². The Bertz CT molecular complexity index is 1900. The normalized spacial score (nSPS) is 11.3. The number of rotatable bonds is 10. The molecule has 5 rings (SSSR count). The van der Waals surface area contributed by atoms with Crippen molar-refractivity contribution in [1.82, 2.24) is 14.8 Å². The number of nitro benzene ring substituents is 1. The molecule has 2 amide bonds. The maximum atomic E-state index is 13.8. The number of primary amides is 1. The van der Waals surface area contributed by atoms with E-state index in [-0.39, 0.29) is 55.4 Å². The average molecular weight is 631 g/mol. The molecule has 4 aromatic heterocycles. The molecule has 0 aliphatic heterocycles. The van der Waals surface area contributed by atoms with Crippen molar-refractivity contribution in [1.29, 1.82) is 0 Å². The predicted octanol–water partition coefficient (Wildman–Crippen LogP) is 6.51. The number of aryl methyl sites for hydroxylation is 2. The van der Waals surface area contributed by atoms with Crippen molar-refractivity contribution < 1.29 is 32.4 Å². The van der Waals surface area contributed by atoms with Crippen LogP contribution in [0.4, 0.5) is 20.2 Å². The van der Waals surface area contributed by atoms with E-state index in [1.165, 1.54) is 30.3 Å². The molecule has 0 atom stereocenters. The number of hydrogen-bond acceptors (Lipinski definition) is 9. The third kappa shape index (κ3) is 5.89. The van der Waals surface area contributed by atoms with Crippen LogP contribution in [0.15, 0.2) is 47.0 Å². The zero-order valence-corrected chi connectivity index (χ0v) is 24.0. The lowest BCUT2D eigenvalue weighted by Gasteiger charge is -2.10. The van der Waals surface area contributed by atoms with Crippen molar-refractivity contribution >= 4 is 56.3 Å². The summed E-state index contributed by atoms with van der Waals surface area (Å²) >= 11 is 6.83. The Morgan fingerprint density at radius 1 is 1.26 bits per heavy atom. The van der Waals surface area contributed by atoms with E-state index >= 15 is 0 Å². The maximum absolute atomic E-state index is 13.8. The summed E-state index contributed by atoms with van der Waals surface area (Å²) < 4.78 is 40.4. The number of fused-ring (bicyclic) bond motifs is 1. The van der Waals surface area contributed by atoms with E-state index in [4.69, 9.17) is 26.5 Å². The average Bonchev–Trinajstić information content (AvgIpc) is 3.69. The molecule has 0 aliphatic carbocycles. The van der Waals surface area contributed by atoms with Gasteiger partial charge < -0.3 is 20.2 Å². The highest BCUT2D eigenvalue weighted by atomic mass is 35.5. The molecule has 0 spiro atoms. The van der Waals surface area contributed by atoms with E-state index in [1.54, 1.807) is 17.8 Å². The molecule has 12 nitrogen and oxygen atoms in total. The van der Waals surface area contributed by atoms with Crippen LogP contribution in [-0.4, -0.2) is 31.5 Å². The van der Waals surface area contributed by atoms with Crippen molar-refractivity contribution in [3.05, 3.63) is 85.5 Å². The van der Waals surface area contributed by atoms with Crippen LogP contribution in [0.5, 0.6) is 5.75 Å². The van der Waals surface area contributed by atoms with Gasteiger partial charge in [-0.15, -0.1) is 11.3 Å². The number of non-ortho nitro benzene ring substituents is 1. The number of anilines is 1. The van der Waals surface area contributed by atoms with Gasteiger partial charge in [0.1, 0.15) is 33.5 Å². The van der Waals surface area contributed by atoms with E-state index in [1.807, 2.05) is 6.92 Å². The minimum Gasteiger partial charge on any atom is -0.484 e. The van der Waals surface area contributed by atoms with Gasteiger partial charge in [0.2, 0.25) is 0 Å². The summed E-state index contributed by atoms with van der Waals surface area (Å²) in [7, 11) is 0. The molecule has 43 heavy (non-hydrogen) atoms. The largest absolute Gasteiger partial charge is 0.484 e. The number of halogens is 3. The van der Waals surface area contributed by atoms with Gasteiger partial charge in [-0.05, 0) is 43.7 Å². The summed E-state index contributed by atoms with van der Waals surface area (Å²) in [5.74, 6) is -1.42. The number of ether oxygens (including phenoxy) is 1. The van der Waals surface area contributed by atoms with E-state index in [0.717, 1.165) is 17.4 Å². The fourth-order valence-electron chi connectivity index (χ4n) is 4.30. The first-order valence-electron chi connectivity index (χ1n) is 12.5. The van der Waals surface area contributed by atoms with Gasteiger partial charge in [0.15, 0.2) is 5.76 Å². The van der Waals surface area contributed by atoms with Crippen LogP contribution in [0, 0.1) is 17.0 Å². The number of nitrogens with two attached hydrogens (primary N) is 1. The summed E-state index contributed by atoms with van der Waals surface area (Å²) in [4.78, 5) is 40.0. The Morgan fingerprint density at radius 3 is 2.65 bits per heavy atom. The monoisotopic (exact) mass is 630 g/mol. The van der Waals surface area contributed by atoms with Crippen molar-refractivity contribution in [2.75, 3.05) is 5.32 Å². The lowest BCUT2D eigenvalue weighted by molar-refractivity contribution is -0.384. The number of nitrogens with one attached hydrogen (secondary N) is 1. The Morgan fingerprint density at radius 2 is 2.02 bits per heavy atom. The van der Waals surface area contributed by atoms with Gasteiger partial charge in [0, 0.05) is 35.8 Å². The minimum absolute atomic E-state index is 0.00340.